The van der Waals surface area contributed by atoms with Gasteiger partial charge in [-0.25, -0.2) is 9.48 Å². The van der Waals surface area contributed by atoms with Crippen molar-refractivity contribution in [1.29, 1.82) is 0 Å². The fourth-order valence-electron chi connectivity index (χ4n) is 12.2. The van der Waals surface area contributed by atoms with E-state index >= 15 is 0 Å². The van der Waals surface area contributed by atoms with Crippen LogP contribution in [-0.2, 0) is 9.59 Å². The van der Waals surface area contributed by atoms with Crippen molar-refractivity contribution < 1.29 is 33.5 Å². The number of carbonyl (C=O) groups excluding carboxylic acids is 6. The summed E-state index contributed by atoms with van der Waals surface area (Å²) in [6, 6.07) is 22.8. The van der Waals surface area contributed by atoms with Crippen LogP contribution in [-0.4, -0.2) is 160 Å². The number of hydrogen-bond donors (Lipinski definition) is 3. The van der Waals surface area contributed by atoms with Crippen molar-refractivity contribution in [2.45, 2.75) is 82.0 Å². The van der Waals surface area contributed by atoms with Gasteiger partial charge < -0.3 is 35.4 Å². The van der Waals surface area contributed by atoms with E-state index in [2.05, 4.69) is 30.2 Å². The van der Waals surface area contributed by atoms with Gasteiger partial charge in [0, 0.05) is 88.7 Å². The first-order valence-corrected chi connectivity index (χ1v) is 25.2. The predicted octanol–water partition coefficient (Wildman–Crippen LogP) is 4.78. The number of aromatic nitrogens is 2. The zero-order chi connectivity index (χ0) is 48.0. The molecule has 8 heterocycles. The molecule has 18 nitrogen and oxygen atoms in total. The number of urea groups is 1. The average Bonchev–Trinajstić information content (AvgIpc) is 3.91. The van der Waals surface area contributed by atoms with Crippen molar-refractivity contribution >= 4 is 47.1 Å². The first kappa shape index (κ1) is 45.6. The second-order valence-electron chi connectivity index (χ2n) is 19.9. The van der Waals surface area contributed by atoms with Gasteiger partial charge in [-0.05, 0) is 125 Å². The van der Waals surface area contributed by atoms with Crippen LogP contribution >= 0.6 is 0 Å². The lowest BCUT2D eigenvalue weighted by Gasteiger charge is -2.46. The molecule has 0 saturated carbocycles. The SMILES string of the molecule is NC(=O)c1c(-c2ccc(Oc3ccccc3)cc2)nn2c1NCC[C@H]2C1CCN(C2CCN(C(=O)N3CCN(C4CCN(c5ccc6c(c5)C(=O)N(C5CCC(=O)NC5=O)C6=O)CC4)CC3)CC2)CC1. The summed E-state index contributed by atoms with van der Waals surface area (Å²) < 4.78 is 8.04. The Bertz CT molecular complexity index is 2660. The van der Waals surface area contributed by atoms with Crippen LogP contribution in [0.1, 0.15) is 94.9 Å². The molecule has 2 atom stereocenters. The average molecular weight is 952 g/mol. The maximum absolute atomic E-state index is 13.8. The molecule has 7 amide bonds. The lowest BCUT2D eigenvalue weighted by Crippen LogP contribution is -2.58. The largest absolute Gasteiger partial charge is 0.457 e. The number of nitrogens with two attached hydrogens (primary N) is 1. The van der Waals surface area contributed by atoms with Crippen molar-refractivity contribution in [3.63, 3.8) is 0 Å². The number of ether oxygens (including phenoxy) is 1. The molecule has 0 spiro atoms. The first-order chi connectivity index (χ1) is 34.1. The van der Waals surface area contributed by atoms with Gasteiger partial charge >= 0.3 is 6.03 Å². The Morgan fingerprint density at radius 2 is 1.30 bits per heavy atom. The maximum Gasteiger partial charge on any atom is 0.320 e. The Morgan fingerprint density at radius 1 is 0.657 bits per heavy atom. The Labute approximate surface area is 407 Å². The van der Waals surface area contributed by atoms with Crippen molar-refractivity contribution in [2.24, 2.45) is 11.7 Å². The van der Waals surface area contributed by atoms with Gasteiger partial charge in [0.1, 0.15) is 34.6 Å². The highest BCUT2D eigenvalue weighted by molar-refractivity contribution is 6.23. The maximum atomic E-state index is 13.8. The minimum atomic E-state index is -0.983. The number of imide groups is 2. The Kier molecular flexibility index (Phi) is 12.5. The highest BCUT2D eigenvalue weighted by atomic mass is 16.5. The number of hydrogen-bond acceptors (Lipinski definition) is 12. The monoisotopic (exact) mass is 951 g/mol. The second kappa shape index (κ2) is 19.2. The third kappa shape index (κ3) is 8.75. The Balaban J connectivity index is 0.627. The molecule has 18 heteroatoms. The molecule has 70 heavy (non-hydrogen) atoms. The van der Waals surface area contributed by atoms with E-state index in [4.69, 9.17) is 15.6 Å². The number of anilines is 2. The molecular formula is C52H61N11O7. The van der Waals surface area contributed by atoms with E-state index in [0.29, 0.717) is 59.5 Å². The fourth-order valence-corrected chi connectivity index (χ4v) is 12.2. The molecule has 1 unspecified atom stereocenters. The molecular weight excluding hydrogens is 891 g/mol. The summed E-state index contributed by atoms with van der Waals surface area (Å²) in [6.45, 7) is 9.01. The summed E-state index contributed by atoms with van der Waals surface area (Å²) in [5.74, 6) is 0.0932. The number of benzene rings is 3. The van der Waals surface area contributed by atoms with Gasteiger partial charge in [-0.15, -0.1) is 0 Å². The summed E-state index contributed by atoms with van der Waals surface area (Å²) in [6.07, 6.45) is 7.08. The van der Waals surface area contributed by atoms with E-state index in [0.717, 1.165) is 126 Å². The summed E-state index contributed by atoms with van der Waals surface area (Å²) >= 11 is 0. The number of primary amides is 1. The van der Waals surface area contributed by atoms with Crippen LogP contribution in [0.3, 0.4) is 0 Å². The number of likely N-dealkylation sites (tertiary alicyclic amines) is 2. The highest BCUT2D eigenvalue weighted by Crippen LogP contribution is 2.41. The van der Waals surface area contributed by atoms with Gasteiger partial charge in [-0.2, -0.15) is 5.10 Å². The zero-order valence-corrected chi connectivity index (χ0v) is 39.5. The van der Waals surface area contributed by atoms with Crippen molar-refractivity contribution in [2.75, 3.05) is 82.2 Å². The smallest absolute Gasteiger partial charge is 0.320 e. The Morgan fingerprint density at radius 3 is 1.99 bits per heavy atom. The molecule has 4 N–H and O–H groups in total. The quantitative estimate of drug-likeness (QED) is 0.195. The number of piperidine rings is 4. The molecule has 0 bridgehead atoms. The number of rotatable bonds is 9. The van der Waals surface area contributed by atoms with E-state index in [1.54, 1.807) is 12.1 Å². The van der Waals surface area contributed by atoms with Gasteiger partial charge in [0.2, 0.25) is 11.8 Å². The van der Waals surface area contributed by atoms with Crippen LogP contribution in [0.25, 0.3) is 11.3 Å². The van der Waals surface area contributed by atoms with Crippen LogP contribution in [0.15, 0.2) is 72.8 Å². The van der Waals surface area contributed by atoms with E-state index < -0.39 is 35.6 Å². The van der Waals surface area contributed by atoms with Gasteiger partial charge in [0.25, 0.3) is 17.7 Å². The molecule has 1 aromatic heterocycles. The lowest BCUT2D eigenvalue weighted by molar-refractivity contribution is -0.136. The molecule has 5 fully saturated rings. The third-order valence-corrected chi connectivity index (χ3v) is 16.0. The summed E-state index contributed by atoms with van der Waals surface area (Å²) in [4.78, 5) is 90.1. The second-order valence-corrected chi connectivity index (χ2v) is 19.9. The fraction of sp³-hybridized carbons (Fsp3) is 0.481. The minimum Gasteiger partial charge on any atom is -0.457 e. The molecule has 366 valence electrons. The van der Waals surface area contributed by atoms with Crippen LogP contribution < -0.4 is 26.0 Å². The molecule has 4 aromatic rings. The topological polar surface area (TPSA) is 199 Å². The molecule has 3 aromatic carbocycles. The number of para-hydroxylation sites is 1. The normalized spacial score (nSPS) is 23.3. The van der Waals surface area contributed by atoms with E-state index in [1.807, 2.05) is 70.2 Å². The molecule has 7 aliphatic rings. The van der Waals surface area contributed by atoms with Crippen LogP contribution in [0.5, 0.6) is 11.5 Å². The van der Waals surface area contributed by atoms with Gasteiger partial charge in [0.15, 0.2) is 0 Å². The number of carbonyl (C=O) groups is 6. The van der Waals surface area contributed by atoms with Crippen LogP contribution in [0.2, 0.25) is 0 Å². The van der Waals surface area contributed by atoms with Gasteiger partial charge in [0.05, 0.1) is 17.2 Å². The molecule has 7 aliphatic heterocycles. The predicted molar refractivity (Wildman–Crippen MR) is 261 cm³/mol. The van der Waals surface area contributed by atoms with Crippen LogP contribution in [0, 0.1) is 5.92 Å². The molecule has 0 radical (unpaired) electrons. The number of amides is 7. The molecule has 0 aliphatic carbocycles. The van der Waals surface area contributed by atoms with E-state index in [1.165, 1.54) is 0 Å². The first-order valence-electron chi connectivity index (χ1n) is 25.2. The van der Waals surface area contributed by atoms with Gasteiger partial charge in [-0.3, -0.25) is 39.1 Å². The minimum absolute atomic E-state index is 0.0858. The zero-order valence-electron chi connectivity index (χ0n) is 39.5. The summed E-state index contributed by atoms with van der Waals surface area (Å²) in [7, 11) is 0. The van der Waals surface area contributed by atoms with Gasteiger partial charge in [-0.1, -0.05) is 18.2 Å². The number of nitrogens with zero attached hydrogens (tertiary/aromatic N) is 8. The standard InChI is InChI=1S/C52H61N11O7/c53-47(65)45-46(34-6-9-39(10-7-34)70-38-4-2-1-3-5-38)56-63-42(14-21-54-48(45)63)33-15-22-57(23-16-33)35-19-26-60(27-20-35)52(69)61-30-28-59(29-31-61)36-17-24-58(25-18-36)37-8-11-40-41(32-37)51(68)62(50(40)67)43-12-13-44(64)55-49(43)66/h1-11,32-33,35-36,42-43,54H,12-31H2,(H2,53,65)(H,55,64,66)/t42-,43?/m0/s1. The summed E-state index contributed by atoms with van der Waals surface area (Å²) in [5, 5.41) is 10.8. The van der Waals surface area contributed by atoms with Crippen molar-refractivity contribution in [3.8, 4) is 22.8 Å². The van der Waals surface area contributed by atoms with Crippen molar-refractivity contribution in [3.05, 3.63) is 89.5 Å². The Hall–Kier alpha value is -6.79. The number of fused-ring (bicyclic) bond motifs is 2. The molecule has 11 rings (SSSR count). The highest BCUT2D eigenvalue weighted by Gasteiger charge is 2.45. The number of piperazine rings is 1. The third-order valence-electron chi connectivity index (χ3n) is 16.0. The van der Waals surface area contributed by atoms with Crippen LogP contribution in [0.4, 0.5) is 16.3 Å². The van der Waals surface area contributed by atoms with E-state index in [-0.39, 0.29) is 30.5 Å². The number of nitrogens with one attached hydrogen (secondary N) is 2. The van der Waals surface area contributed by atoms with E-state index in [9.17, 15) is 28.8 Å². The summed E-state index contributed by atoms with van der Waals surface area (Å²) in [5.41, 5.74) is 9.31. The van der Waals surface area contributed by atoms with Crippen molar-refractivity contribution in [1.82, 2.24) is 39.6 Å². The lowest BCUT2D eigenvalue weighted by atomic mass is 9.85. The molecule has 5 saturated heterocycles.